The van der Waals surface area contributed by atoms with Crippen molar-refractivity contribution in [2.75, 3.05) is 20.6 Å². The van der Waals surface area contributed by atoms with Crippen LogP contribution in [0.15, 0.2) is 30.3 Å². The Bertz CT molecular complexity index is 493. The highest BCUT2D eigenvalue weighted by Crippen LogP contribution is 2.06. The Morgan fingerprint density at radius 2 is 2.00 bits per heavy atom. The lowest BCUT2D eigenvalue weighted by Gasteiger charge is -2.17. The summed E-state index contributed by atoms with van der Waals surface area (Å²) in [5, 5.41) is 15.3. The van der Waals surface area contributed by atoms with Gasteiger partial charge in [-0.05, 0) is 43.6 Å². The number of hydrogen-bond donors (Lipinski definition) is 1. The highest BCUT2D eigenvalue weighted by atomic mass is 15.5. The van der Waals surface area contributed by atoms with E-state index in [0.29, 0.717) is 12.6 Å². The maximum atomic E-state index is 4.07. The summed E-state index contributed by atoms with van der Waals surface area (Å²) in [4.78, 5) is 2.15. The Hall–Kier alpha value is -1.79. The highest BCUT2D eigenvalue weighted by molar-refractivity contribution is 5.30. The van der Waals surface area contributed by atoms with Crippen LogP contribution < -0.4 is 5.32 Å². The quantitative estimate of drug-likeness (QED) is 0.828. The van der Waals surface area contributed by atoms with Crippen LogP contribution >= 0.6 is 0 Å². The molecule has 0 amide bonds. The summed E-state index contributed by atoms with van der Waals surface area (Å²) in [5.41, 5.74) is 0.976. The minimum atomic E-state index is 0.385. The first-order valence-corrected chi connectivity index (χ1v) is 6.37. The molecule has 0 bridgehead atoms. The second kappa shape index (κ2) is 6.40. The summed E-state index contributed by atoms with van der Waals surface area (Å²) in [6.45, 7) is 3.78. The molecule has 0 spiro atoms. The van der Waals surface area contributed by atoms with Crippen molar-refractivity contribution >= 4 is 0 Å². The van der Waals surface area contributed by atoms with Crippen LogP contribution in [0.2, 0.25) is 0 Å². The van der Waals surface area contributed by atoms with Gasteiger partial charge >= 0.3 is 0 Å². The van der Waals surface area contributed by atoms with E-state index < -0.39 is 0 Å². The first-order chi connectivity index (χ1) is 9.16. The molecule has 0 radical (unpaired) electrons. The van der Waals surface area contributed by atoms with E-state index in [1.54, 1.807) is 4.68 Å². The Kier molecular flexibility index (Phi) is 4.59. The monoisotopic (exact) mass is 260 g/mol. The Balaban J connectivity index is 2.01. The first-order valence-electron chi connectivity index (χ1n) is 6.37. The van der Waals surface area contributed by atoms with E-state index in [1.165, 1.54) is 0 Å². The van der Waals surface area contributed by atoms with Gasteiger partial charge < -0.3 is 10.2 Å². The number of benzene rings is 1. The van der Waals surface area contributed by atoms with E-state index in [4.69, 9.17) is 0 Å². The van der Waals surface area contributed by atoms with Crippen molar-refractivity contribution in [3.63, 3.8) is 0 Å². The predicted octanol–water partition coefficient (Wildman–Crippen LogP) is 0.702. The molecule has 1 N–H and O–H groups in total. The lowest BCUT2D eigenvalue weighted by atomic mass is 10.3. The van der Waals surface area contributed by atoms with Gasteiger partial charge in [-0.25, -0.2) is 0 Å². The topological polar surface area (TPSA) is 58.9 Å². The number of aromatic nitrogens is 4. The van der Waals surface area contributed by atoms with E-state index in [0.717, 1.165) is 18.1 Å². The van der Waals surface area contributed by atoms with Crippen LogP contribution in [0.25, 0.3) is 5.69 Å². The second-order valence-electron chi connectivity index (χ2n) is 4.89. The highest BCUT2D eigenvalue weighted by Gasteiger charge is 2.09. The normalized spacial score (nSPS) is 12.8. The van der Waals surface area contributed by atoms with Crippen molar-refractivity contribution in [1.29, 1.82) is 0 Å². The molecule has 0 saturated heterocycles. The van der Waals surface area contributed by atoms with Crippen molar-refractivity contribution in [2.24, 2.45) is 0 Å². The van der Waals surface area contributed by atoms with Gasteiger partial charge in [0, 0.05) is 12.6 Å². The van der Waals surface area contributed by atoms with Crippen LogP contribution in [0.1, 0.15) is 12.7 Å². The SMILES string of the molecule is CC(CN(C)C)NCc1nnnn1-c1ccccc1. The molecule has 1 heterocycles. The molecule has 19 heavy (non-hydrogen) atoms. The van der Waals surface area contributed by atoms with Gasteiger partial charge in [0.15, 0.2) is 5.82 Å². The maximum absolute atomic E-state index is 4.07. The van der Waals surface area contributed by atoms with Crippen molar-refractivity contribution < 1.29 is 0 Å². The first kappa shape index (κ1) is 13.6. The summed E-state index contributed by atoms with van der Waals surface area (Å²) in [6, 6.07) is 10.3. The lowest BCUT2D eigenvalue weighted by molar-refractivity contribution is 0.347. The molecule has 0 fully saturated rings. The molecule has 6 nitrogen and oxygen atoms in total. The molecule has 2 rings (SSSR count). The second-order valence-corrected chi connectivity index (χ2v) is 4.89. The molecule has 0 aliphatic heterocycles. The molecule has 1 aromatic carbocycles. The van der Waals surface area contributed by atoms with Crippen LogP contribution in [-0.2, 0) is 6.54 Å². The standard InChI is InChI=1S/C13H20N6/c1-11(10-18(2)3)14-9-13-15-16-17-19(13)12-7-5-4-6-8-12/h4-8,11,14H,9-10H2,1-3H3. The van der Waals surface area contributed by atoms with Crippen LogP contribution in [0.4, 0.5) is 0 Å². The minimum Gasteiger partial charge on any atom is -0.308 e. The van der Waals surface area contributed by atoms with E-state index in [-0.39, 0.29) is 0 Å². The third-order valence-electron chi connectivity index (χ3n) is 2.78. The molecule has 2 aromatic rings. The molecule has 6 heteroatoms. The van der Waals surface area contributed by atoms with Gasteiger partial charge in [0.05, 0.1) is 12.2 Å². The maximum Gasteiger partial charge on any atom is 0.170 e. The zero-order valence-corrected chi connectivity index (χ0v) is 11.6. The smallest absolute Gasteiger partial charge is 0.170 e. The van der Waals surface area contributed by atoms with Crippen LogP contribution in [0.3, 0.4) is 0 Å². The number of nitrogens with one attached hydrogen (secondary N) is 1. The van der Waals surface area contributed by atoms with E-state index in [1.807, 2.05) is 30.3 Å². The van der Waals surface area contributed by atoms with Crippen molar-refractivity contribution in [3.05, 3.63) is 36.2 Å². The fraction of sp³-hybridized carbons (Fsp3) is 0.462. The van der Waals surface area contributed by atoms with Gasteiger partial charge in [-0.2, -0.15) is 4.68 Å². The molecule has 0 aliphatic rings. The third kappa shape index (κ3) is 3.84. The molecule has 1 atom stereocenters. The zero-order chi connectivity index (χ0) is 13.7. The van der Waals surface area contributed by atoms with Gasteiger partial charge in [0.1, 0.15) is 0 Å². The lowest BCUT2D eigenvalue weighted by Crippen LogP contribution is -2.35. The molecular weight excluding hydrogens is 240 g/mol. The molecule has 0 aliphatic carbocycles. The number of hydrogen-bond acceptors (Lipinski definition) is 5. The minimum absolute atomic E-state index is 0.385. The molecular formula is C13H20N6. The van der Waals surface area contributed by atoms with Crippen molar-refractivity contribution in [2.45, 2.75) is 19.5 Å². The number of nitrogens with zero attached hydrogens (tertiary/aromatic N) is 5. The van der Waals surface area contributed by atoms with Gasteiger partial charge in [-0.1, -0.05) is 18.2 Å². The van der Waals surface area contributed by atoms with Crippen molar-refractivity contribution in [1.82, 2.24) is 30.4 Å². The van der Waals surface area contributed by atoms with Gasteiger partial charge in [-0.15, -0.1) is 5.10 Å². The van der Waals surface area contributed by atoms with E-state index in [9.17, 15) is 0 Å². The van der Waals surface area contributed by atoms with Crippen molar-refractivity contribution in [3.8, 4) is 5.69 Å². The summed E-state index contributed by atoms with van der Waals surface area (Å²) < 4.78 is 1.76. The summed E-state index contributed by atoms with van der Waals surface area (Å²) in [5.74, 6) is 0.816. The number of para-hydroxylation sites is 1. The van der Waals surface area contributed by atoms with E-state index >= 15 is 0 Å². The summed E-state index contributed by atoms with van der Waals surface area (Å²) in [6.07, 6.45) is 0. The third-order valence-corrected chi connectivity index (χ3v) is 2.78. The van der Waals surface area contributed by atoms with E-state index in [2.05, 4.69) is 46.8 Å². The van der Waals surface area contributed by atoms with Crippen LogP contribution in [0, 0.1) is 0 Å². The molecule has 0 saturated carbocycles. The van der Waals surface area contributed by atoms with Crippen LogP contribution in [0.5, 0.6) is 0 Å². The fourth-order valence-corrected chi connectivity index (χ4v) is 1.96. The molecule has 1 aromatic heterocycles. The Labute approximate surface area is 113 Å². The zero-order valence-electron chi connectivity index (χ0n) is 11.6. The van der Waals surface area contributed by atoms with Crippen LogP contribution in [-0.4, -0.2) is 51.8 Å². The molecule has 102 valence electrons. The van der Waals surface area contributed by atoms with Gasteiger partial charge in [0.2, 0.25) is 0 Å². The summed E-state index contributed by atoms with van der Waals surface area (Å²) >= 11 is 0. The average Bonchev–Trinajstić information content (AvgIpc) is 2.85. The average molecular weight is 260 g/mol. The largest absolute Gasteiger partial charge is 0.308 e. The predicted molar refractivity (Wildman–Crippen MR) is 74.0 cm³/mol. The number of rotatable bonds is 6. The van der Waals surface area contributed by atoms with Gasteiger partial charge in [0.25, 0.3) is 0 Å². The number of tetrazole rings is 1. The molecule has 1 unspecified atom stereocenters. The van der Waals surface area contributed by atoms with Gasteiger partial charge in [-0.3, -0.25) is 0 Å². The number of likely N-dealkylation sites (N-methyl/N-ethyl adjacent to an activating group) is 1. The Morgan fingerprint density at radius 3 is 2.68 bits per heavy atom. The summed E-state index contributed by atoms with van der Waals surface area (Å²) in [7, 11) is 4.12. The Morgan fingerprint density at radius 1 is 1.26 bits per heavy atom. The fourth-order valence-electron chi connectivity index (χ4n) is 1.96.